The van der Waals surface area contributed by atoms with E-state index in [9.17, 15) is 18.0 Å². The Labute approximate surface area is 183 Å². The van der Waals surface area contributed by atoms with Crippen LogP contribution in [0, 0.1) is 0 Å². The summed E-state index contributed by atoms with van der Waals surface area (Å²) in [5, 5.41) is 14.5. The maximum absolute atomic E-state index is 12.7. The number of nitrogens with two attached hydrogens (primary N) is 1. The van der Waals surface area contributed by atoms with Crippen molar-refractivity contribution in [1.82, 2.24) is 5.32 Å². The van der Waals surface area contributed by atoms with E-state index in [2.05, 4.69) is 15.6 Å². The van der Waals surface area contributed by atoms with E-state index in [1.807, 2.05) is 0 Å². The van der Waals surface area contributed by atoms with E-state index in [4.69, 9.17) is 15.6 Å². The minimum Gasteiger partial charge on any atom is -0.492 e. The molecule has 5 N–H and O–H groups in total. The maximum atomic E-state index is 12.7. The van der Waals surface area contributed by atoms with Gasteiger partial charge in [0.2, 0.25) is 0 Å². The summed E-state index contributed by atoms with van der Waals surface area (Å²) >= 11 is 0. The predicted molar refractivity (Wildman–Crippen MR) is 117 cm³/mol. The van der Waals surface area contributed by atoms with Gasteiger partial charge < -0.3 is 26.2 Å². The lowest BCUT2D eigenvalue weighted by molar-refractivity contribution is -0.137. The number of nitrogens with zero attached hydrogens (tertiary/aromatic N) is 1. The quantitative estimate of drug-likeness (QED) is 0.329. The Hall–Kier alpha value is -3.37. The van der Waals surface area contributed by atoms with E-state index in [1.54, 1.807) is 31.3 Å². The van der Waals surface area contributed by atoms with E-state index in [0.29, 0.717) is 42.4 Å². The van der Waals surface area contributed by atoms with Gasteiger partial charge >= 0.3 is 6.18 Å². The molecule has 1 amide bonds. The SMILES string of the molecule is CN=C(C=CN)c1cc(NC(=O)c2ccc(C(F)(F)F)cc2)ccc1OCCNCCO. The van der Waals surface area contributed by atoms with Gasteiger partial charge in [-0.2, -0.15) is 13.2 Å². The van der Waals surface area contributed by atoms with Gasteiger partial charge in [0.25, 0.3) is 5.91 Å². The van der Waals surface area contributed by atoms with Crippen molar-refractivity contribution < 1.29 is 27.8 Å². The van der Waals surface area contributed by atoms with Crippen LogP contribution in [0.25, 0.3) is 0 Å². The highest BCUT2D eigenvalue weighted by Crippen LogP contribution is 2.29. The number of hydrogen-bond acceptors (Lipinski definition) is 6. The summed E-state index contributed by atoms with van der Waals surface area (Å²) in [5.41, 5.74) is 6.24. The number of alkyl halides is 3. The fourth-order valence-corrected chi connectivity index (χ4v) is 2.76. The Kier molecular flexibility index (Phi) is 9.23. The Bertz CT molecular complexity index is 958. The summed E-state index contributed by atoms with van der Waals surface area (Å²) in [5.74, 6) is -0.0575. The number of nitrogens with one attached hydrogen (secondary N) is 2. The first-order chi connectivity index (χ1) is 15.3. The van der Waals surface area contributed by atoms with Crippen molar-refractivity contribution in [2.45, 2.75) is 6.18 Å². The number of carbonyl (C=O) groups is 1. The zero-order valence-electron chi connectivity index (χ0n) is 17.4. The van der Waals surface area contributed by atoms with Gasteiger partial charge in [-0.05, 0) is 54.7 Å². The molecule has 7 nitrogen and oxygen atoms in total. The number of benzene rings is 2. The van der Waals surface area contributed by atoms with Crippen LogP contribution < -0.4 is 21.1 Å². The van der Waals surface area contributed by atoms with E-state index in [1.165, 1.54) is 6.20 Å². The maximum Gasteiger partial charge on any atom is 0.416 e. The lowest BCUT2D eigenvalue weighted by Gasteiger charge is -2.14. The molecule has 32 heavy (non-hydrogen) atoms. The third kappa shape index (κ3) is 7.10. The fourth-order valence-electron chi connectivity index (χ4n) is 2.76. The highest BCUT2D eigenvalue weighted by molar-refractivity contribution is 6.12. The number of aliphatic imine (C=N–C) groups is 1. The monoisotopic (exact) mass is 450 g/mol. The molecule has 0 aliphatic heterocycles. The van der Waals surface area contributed by atoms with Gasteiger partial charge in [-0.25, -0.2) is 0 Å². The van der Waals surface area contributed by atoms with Crippen molar-refractivity contribution >= 4 is 17.3 Å². The third-order valence-electron chi connectivity index (χ3n) is 4.31. The number of ether oxygens (including phenoxy) is 1. The Morgan fingerprint density at radius 1 is 1.19 bits per heavy atom. The standard InChI is InChI=1S/C22H25F3N4O3/c1-27-19(8-9-26)18-14-17(6-7-20(18)32-13-11-28-10-12-30)29-21(31)15-2-4-16(5-3-15)22(23,24)25/h2-9,14,28,30H,10-13,26H2,1H3,(H,29,31). The van der Waals surface area contributed by atoms with Crippen molar-refractivity contribution in [2.75, 3.05) is 38.7 Å². The van der Waals surface area contributed by atoms with Crippen molar-refractivity contribution in [2.24, 2.45) is 10.7 Å². The van der Waals surface area contributed by atoms with Gasteiger partial charge in [-0.3, -0.25) is 9.79 Å². The molecule has 0 spiro atoms. The Balaban J connectivity index is 2.21. The van der Waals surface area contributed by atoms with E-state index < -0.39 is 17.6 Å². The van der Waals surface area contributed by atoms with Crippen molar-refractivity contribution in [3.05, 3.63) is 71.4 Å². The molecule has 0 aliphatic rings. The van der Waals surface area contributed by atoms with Crippen molar-refractivity contribution in [3.63, 3.8) is 0 Å². The molecule has 172 valence electrons. The molecule has 0 fully saturated rings. The summed E-state index contributed by atoms with van der Waals surface area (Å²) < 4.78 is 43.9. The number of carbonyl (C=O) groups excluding carboxylic acids is 1. The van der Waals surface area contributed by atoms with Gasteiger partial charge in [0, 0.05) is 37.0 Å². The molecule has 0 saturated carbocycles. The molecule has 0 heterocycles. The number of hydrogen-bond donors (Lipinski definition) is 4. The van der Waals surface area contributed by atoms with Crippen LogP contribution in [0.3, 0.4) is 0 Å². The average Bonchev–Trinajstić information content (AvgIpc) is 2.77. The molecule has 2 rings (SSSR count). The smallest absolute Gasteiger partial charge is 0.416 e. The molecule has 0 unspecified atom stereocenters. The van der Waals surface area contributed by atoms with Crippen LogP contribution in [-0.4, -0.2) is 50.1 Å². The largest absolute Gasteiger partial charge is 0.492 e. The number of rotatable bonds is 10. The molecule has 0 bridgehead atoms. The molecule has 0 radical (unpaired) electrons. The Morgan fingerprint density at radius 3 is 2.50 bits per heavy atom. The van der Waals surface area contributed by atoms with Crippen LogP contribution in [0.1, 0.15) is 21.5 Å². The van der Waals surface area contributed by atoms with Crippen molar-refractivity contribution in [3.8, 4) is 5.75 Å². The highest BCUT2D eigenvalue weighted by Gasteiger charge is 2.30. The average molecular weight is 450 g/mol. The highest BCUT2D eigenvalue weighted by atomic mass is 19.4. The lowest BCUT2D eigenvalue weighted by Crippen LogP contribution is -2.24. The molecule has 10 heteroatoms. The van der Waals surface area contributed by atoms with Crippen LogP contribution in [0.15, 0.2) is 59.7 Å². The van der Waals surface area contributed by atoms with Crippen LogP contribution in [-0.2, 0) is 6.18 Å². The van der Waals surface area contributed by atoms with Gasteiger partial charge in [0.15, 0.2) is 0 Å². The summed E-state index contributed by atoms with van der Waals surface area (Å²) in [6, 6.07) is 8.85. The minimum atomic E-state index is -4.47. The lowest BCUT2D eigenvalue weighted by atomic mass is 10.1. The number of aliphatic hydroxyl groups is 1. The van der Waals surface area contributed by atoms with E-state index >= 15 is 0 Å². The molecule has 2 aromatic rings. The second kappa shape index (κ2) is 11.9. The molecule has 0 aliphatic carbocycles. The summed E-state index contributed by atoms with van der Waals surface area (Å²) in [6.07, 6.45) is -1.57. The van der Waals surface area contributed by atoms with Crippen LogP contribution in [0.5, 0.6) is 5.75 Å². The molecular weight excluding hydrogens is 425 g/mol. The van der Waals surface area contributed by atoms with Crippen LogP contribution in [0.2, 0.25) is 0 Å². The Morgan fingerprint density at radius 2 is 1.91 bits per heavy atom. The second-order valence-corrected chi connectivity index (χ2v) is 6.53. The van der Waals surface area contributed by atoms with Gasteiger partial charge in [-0.1, -0.05) is 0 Å². The van der Waals surface area contributed by atoms with E-state index in [0.717, 1.165) is 24.3 Å². The predicted octanol–water partition coefficient (Wildman–Crippen LogP) is 2.81. The number of halogens is 3. The van der Waals surface area contributed by atoms with E-state index in [-0.39, 0.29) is 12.2 Å². The topological polar surface area (TPSA) is 109 Å². The molecular formula is C22H25F3N4O3. The first-order valence-electron chi connectivity index (χ1n) is 9.72. The third-order valence-corrected chi connectivity index (χ3v) is 4.31. The molecule has 2 aromatic carbocycles. The first-order valence-corrected chi connectivity index (χ1v) is 9.72. The first kappa shape index (κ1) is 24.9. The molecule has 0 aromatic heterocycles. The summed E-state index contributed by atoms with van der Waals surface area (Å²) in [6.45, 7) is 1.31. The van der Waals surface area contributed by atoms with Crippen LogP contribution >= 0.6 is 0 Å². The molecule has 0 saturated heterocycles. The number of aliphatic hydroxyl groups excluding tert-OH is 1. The van der Waals surface area contributed by atoms with Crippen LogP contribution in [0.4, 0.5) is 18.9 Å². The summed E-state index contributed by atoms with van der Waals surface area (Å²) in [4.78, 5) is 16.7. The van der Waals surface area contributed by atoms with Gasteiger partial charge in [0.05, 0.1) is 17.9 Å². The number of anilines is 1. The zero-order chi connectivity index (χ0) is 23.6. The normalized spacial score (nSPS) is 12.2. The second-order valence-electron chi connectivity index (χ2n) is 6.53. The zero-order valence-corrected chi connectivity index (χ0v) is 17.4. The summed E-state index contributed by atoms with van der Waals surface area (Å²) in [7, 11) is 1.58. The minimum absolute atomic E-state index is 0.0203. The molecule has 0 atom stereocenters. The van der Waals surface area contributed by atoms with Gasteiger partial charge in [0.1, 0.15) is 12.4 Å². The fraction of sp³-hybridized carbons (Fsp3) is 0.273. The number of amides is 1. The van der Waals surface area contributed by atoms with Crippen molar-refractivity contribution in [1.29, 1.82) is 0 Å². The van der Waals surface area contributed by atoms with Gasteiger partial charge in [-0.15, -0.1) is 0 Å². The number of allylic oxidation sites excluding steroid dienone is 1.